The molecule has 1 amide bonds. The molecule has 6 rings (SSSR count). The van der Waals surface area contributed by atoms with Gasteiger partial charge in [-0.05, 0) is 35.4 Å². The Hall–Kier alpha value is -3.53. The van der Waals surface area contributed by atoms with E-state index in [2.05, 4.69) is 115 Å². The Balaban J connectivity index is 1.48. The number of amides is 1. The summed E-state index contributed by atoms with van der Waals surface area (Å²) in [6.45, 7) is 5.18. The lowest BCUT2D eigenvalue weighted by molar-refractivity contribution is -0.124. The maximum atomic E-state index is 12.6. The zero-order valence-corrected chi connectivity index (χ0v) is 18.7. The molecule has 3 aromatic carbocycles. The molecule has 32 heavy (non-hydrogen) atoms. The fourth-order valence-electron chi connectivity index (χ4n) is 5.82. The largest absolute Gasteiger partial charge is 0.344 e. The average molecular weight is 422 g/mol. The topological polar surface area (TPSA) is 37.3 Å². The minimum atomic E-state index is -0.583. The summed E-state index contributed by atoms with van der Waals surface area (Å²) in [5.41, 5.74) is 5.22. The van der Waals surface area contributed by atoms with Gasteiger partial charge in [0.25, 0.3) is 0 Å². The maximum absolute atomic E-state index is 12.6. The number of benzene rings is 3. The Morgan fingerprint density at radius 2 is 1.69 bits per heavy atom. The average Bonchev–Trinajstić information content (AvgIpc) is 3.19. The van der Waals surface area contributed by atoms with E-state index in [-0.39, 0.29) is 11.3 Å². The molecule has 2 aliphatic heterocycles. The van der Waals surface area contributed by atoms with E-state index in [0.29, 0.717) is 6.42 Å². The zero-order valence-electron chi connectivity index (χ0n) is 18.7. The van der Waals surface area contributed by atoms with Gasteiger partial charge in [-0.3, -0.25) is 4.79 Å². The van der Waals surface area contributed by atoms with E-state index in [9.17, 15) is 4.79 Å². The van der Waals surface area contributed by atoms with Gasteiger partial charge in [-0.25, -0.2) is 0 Å². The lowest BCUT2D eigenvalue weighted by Gasteiger charge is -2.49. The van der Waals surface area contributed by atoms with Crippen molar-refractivity contribution in [2.24, 2.45) is 7.05 Å². The number of carbonyl (C=O) groups is 1. The number of hydrogen-bond acceptors (Lipinski definition) is 2. The van der Waals surface area contributed by atoms with Crippen LogP contribution in [0.3, 0.4) is 0 Å². The third-order valence-electron chi connectivity index (χ3n) is 7.59. The third kappa shape index (κ3) is 2.41. The fraction of sp³-hybridized carbons (Fsp3) is 0.250. The number of para-hydroxylation sites is 2. The Bertz CT molecular complexity index is 1430. The fourth-order valence-corrected chi connectivity index (χ4v) is 5.82. The number of carbonyl (C=O) groups excluding carboxylic acids is 1. The number of anilines is 1. The molecule has 4 nitrogen and oxygen atoms in total. The van der Waals surface area contributed by atoms with E-state index in [1.54, 1.807) is 0 Å². The van der Waals surface area contributed by atoms with Gasteiger partial charge in [0.1, 0.15) is 5.66 Å². The van der Waals surface area contributed by atoms with Crippen molar-refractivity contribution in [3.05, 3.63) is 83.9 Å². The van der Waals surface area contributed by atoms with Crippen LogP contribution in [0.15, 0.2) is 72.8 Å². The quantitative estimate of drug-likeness (QED) is 0.473. The molecule has 1 aromatic heterocycles. The van der Waals surface area contributed by atoms with Crippen LogP contribution in [0.4, 0.5) is 5.69 Å². The van der Waals surface area contributed by atoms with Crippen LogP contribution in [-0.2, 0) is 17.3 Å². The van der Waals surface area contributed by atoms with Gasteiger partial charge in [-0.15, -0.1) is 0 Å². The number of aromatic nitrogens is 1. The molecule has 160 valence electrons. The molecular formula is C28H27N3O. The predicted molar refractivity (Wildman–Crippen MR) is 132 cm³/mol. The number of nitrogens with zero attached hydrogens (tertiary/aromatic N) is 2. The van der Waals surface area contributed by atoms with Crippen molar-refractivity contribution in [2.75, 3.05) is 11.4 Å². The van der Waals surface area contributed by atoms with E-state index in [1.807, 2.05) is 0 Å². The Morgan fingerprint density at radius 1 is 0.938 bits per heavy atom. The molecule has 1 N–H and O–H groups in total. The van der Waals surface area contributed by atoms with Crippen molar-refractivity contribution < 1.29 is 4.79 Å². The summed E-state index contributed by atoms with van der Waals surface area (Å²) >= 11 is 0. The molecule has 0 aliphatic carbocycles. The van der Waals surface area contributed by atoms with Gasteiger partial charge in [-0.2, -0.15) is 0 Å². The second kappa shape index (κ2) is 6.49. The number of rotatable bonds is 2. The second-order valence-corrected chi connectivity index (χ2v) is 9.54. The normalized spacial score (nSPS) is 21.8. The molecule has 1 atom stereocenters. The van der Waals surface area contributed by atoms with Crippen LogP contribution in [0, 0.1) is 0 Å². The van der Waals surface area contributed by atoms with Crippen molar-refractivity contribution in [2.45, 2.75) is 31.3 Å². The summed E-state index contributed by atoms with van der Waals surface area (Å²) in [6, 6.07) is 23.7. The van der Waals surface area contributed by atoms with Gasteiger partial charge in [-0.1, -0.05) is 68.5 Å². The van der Waals surface area contributed by atoms with Crippen LogP contribution in [0.5, 0.6) is 0 Å². The molecule has 4 heteroatoms. The Morgan fingerprint density at radius 3 is 2.56 bits per heavy atom. The molecule has 0 saturated carbocycles. The summed E-state index contributed by atoms with van der Waals surface area (Å²) in [6.07, 6.45) is 4.89. The lowest BCUT2D eigenvalue weighted by atomic mass is 9.74. The molecule has 0 bridgehead atoms. The molecule has 1 fully saturated rings. The molecule has 2 aliphatic rings. The standard InChI is InChI=1S/C28H27N3O/c1-27(2)22-9-5-7-11-24(22)31-17-15-26(32)29-28(27,31)16-14-19-12-13-21-20-8-4-6-10-23(20)30(3)25(21)18-19/h4-14,16,18H,15,17H2,1-3H3,(H,29,32)/b16-14+/t28-/m0/s1. The summed E-state index contributed by atoms with van der Waals surface area (Å²) in [5, 5.41) is 5.90. The highest BCUT2D eigenvalue weighted by atomic mass is 16.2. The highest BCUT2D eigenvalue weighted by Gasteiger charge is 2.57. The number of hydrogen-bond donors (Lipinski definition) is 1. The molecular weight excluding hydrogens is 394 g/mol. The van der Waals surface area contributed by atoms with Crippen LogP contribution in [0.25, 0.3) is 27.9 Å². The van der Waals surface area contributed by atoms with E-state index in [0.717, 1.165) is 12.1 Å². The zero-order chi connectivity index (χ0) is 22.1. The van der Waals surface area contributed by atoms with Gasteiger partial charge in [0.2, 0.25) is 5.91 Å². The lowest BCUT2D eigenvalue weighted by Crippen LogP contribution is -2.68. The predicted octanol–water partition coefficient (Wildman–Crippen LogP) is 5.36. The summed E-state index contributed by atoms with van der Waals surface area (Å²) in [5.74, 6) is 0.107. The first kappa shape index (κ1) is 19.2. The molecule has 3 heterocycles. The van der Waals surface area contributed by atoms with Crippen LogP contribution in [0.1, 0.15) is 31.4 Å². The van der Waals surface area contributed by atoms with E-state index in [4.69, 9.17) is 0 Å². The van der Waals surface area contributed by atoms with Crippen molar-refractivity contribution in [3.8, 4) is 0 Å². The van der Waals surface area contributed by atoms with Crippen molar-refractivity contribution in [1.82, 2.24) is 9.88 Å². The Labute approximate surface area is 188 Å². The number of nitrogens with one attached hydrogen (secondary N) is 1. The van der Waals surface area contributed by atoms with E-state index < -0.39 is 5.66 Å². The number of fused-ring (bicyclic) bond motifs is 6. The van der Waals surface area contributed by atoms with E-state index >= 15 is 0 Å². The first-order chi connectivity index (χ1) is 15.4. The van der Waals surface area contributed by atoms with Gasteiger partial charge in [0.05, 0.1) is 0 Å². The third-order valence-corrected chi connectivity index (χ3v) is 7.59. The van der Waals surface area contributed by atoms with Crippen molar-refractivity contribution in [3.63, 3.8) is 0 Å². The van der Waals surface area contributed by atoms with Gasteiger partial charge in [0, 0.05) is 52.9 Å². The Kier molecular flexibility index (Phi) is 3.89. The SMILES string of the molecule is Cn1c2ccccc2c2ccc(/C=C/[C@]34NC(=O)CCN3c3ccccc3C4(C)C)cc21. The molecule has 0 spiro atoms. The van der Waals surface area contributed by atoms with Crippen molar-refractivity contribution >= 4 is 39.5 Å². The van der Waals surface area contributed by atoms with Crippen molar-refractivity contribution in [1.29, 1.82) is 0 Å². The molecule has 1 saturated heterocycles. The van der Waals surface area contributed by atoms with Crippen LogP contribution in [0.2, 0.25) is 0 Å². The van der Waals surface area contributed by atoms with Gasteiger partial charge < -0.3 is 14.8 Å². The number of aryl methyl sites for hydroxylation is 1. The molecule has 0 unspecified atom stereocenters. The molecule has 0 radical (unpaired) electrons. The van der Waals surface area contributed by atoms with E-state index in [1.165, 1.54) is 33.1 Å². The maximum Gasteiger partial charge on any atom is 0.223 e. The van der Waals surface area contributed by atoms with Gasteiger partial charge in [0.15, 0.2) is 0 Å². The minimum absolute atomic E-state index is 0.107. The van der Waals surface area contributed by atoms with Crippen LogP contribution >= 0.6 is 0 Å². The highest BCUT2D eigenvalue weighted by Crippen LogP contribution is 2.52. The summed E-state index contributed by atoms with van der Waals surface area (Å²) in [7, 11) is 2.12. The smallest absolute Gasteiger partial charge is 0.223 e. The first-order valence-electron chi connectivity index (χ1n) is 11.3. The highest BCUT2D eigenvalue weighted by molar-refractivity contribution is 6.08. The summed E-state index contributed by atoms with van der Waals surface area (Å²) < 4.78 is 2.25. The van der Waals surface area contributed by atoms with Crippen LogP contribution < -0.4 is 10.2 Å². The molecule has 4 aromatic rings. The van der Waals surface area contributed by atoms with Crippen LogP contribution in [-0.4, -0.2) is 22.7 Å². The minimum Gasteiger partial charge on any atom is -0.344 e. The van der Waals surface area contributed by atoms with Gasteiger partial charge >= 0.3 is 0 Å². The summed E-state index contributed by atoms with van der Waals surface area (Å²) in [4.78, 5) is 15.0. The second-order valence-electron chi connectivity index (χ2n) is 9.54. The first-order valence-corrected chi connectivity index (χ1v) is 11.3. The monoisotopic (exact) mass is 421 g/mol.